The summed E-state index contributed by atoms with van der Waals surface area (Å²) in [4.78, 5) is 0. The monoisotopic (exact) mass is 309 g/mol. The smallest absolute Gasteiger partial charge is 0.117 e. The van der Waals surface area contributed by atoms with Crippen molar-refractivity contribution in [1.82, 2.24) is 5.32 Å². The van der Waals surface area contributed by atoms with Crippen molar-refractivity contribution < 1.29 is 14.3 Å². The van der Waals surface area contributed by atoms with E-state index < -0.39 is 6.10 Å². The van der Waals surface area contributed by atoms with Gasteiger partial charge in [-0.2, -0.15) is 0 Å². The van der Waals surface area contributed by atoms with E-state index in [0.717, 1.165) is 11.3 Å². The van der Waals surface area contributed by atoms with Crippen molar-refractivity contribution >= 4 is 11.6 Å². The van der Waals surface area contributed by atoms with Crippen LogP contribution in [0.25, 0.3) is 0 Å². The molecule has 21 heavy (non-hydrogen) atoms. The minimum absolute atomic E-state index is 0.0815. The largest absolute Gasteiger partial charge is 0.468 e. The van der Waals surface area contributed by atoms with Gasteiger partial charge in [-0.15, -0.1) is 0 Å². The lowest BCUT2D eigenvalue weighted by atomic mass is 10.1. The number of nitrogens with one attached hydrogen (secondary N) is 1. The number of rotatable bonds is 8. The highest BCUT2D eigenvalue weighted by atomic mass is 35.5. The van der Waals surface area contributed by atoms with E-state index in [2.05, 4.69) is 5.32 Å². The predicted octanol–water partition coefficient (Wildman–Crippen LogP) is 3.16. The summed E-state index contributed by atoms with van der Waals surface area (Å²) in [5.41, 5.74) is 1.04. The molecule has 0 fully saturated rings. The summed E-state index contributed by atoms with van der Waals surface area (Å²) in [6, 6.07) is 11.2. The third kappa shape index (κ3) is 5.52. The zero-order chi connectivity index (χ0) is 15.1. The van der Waals surface area contributed by atoms with Crippen LogP contribution in [0.2, 0.25) is 5.02 Å². The minimum atomic E-state index is -0.560. The van der Waals surface area contributed by atoms with Crippen molar-refractivity contribution in [3.63, 3.8) is 0 Å². The highest BCUT2D eigenvalue weighted by molar-refractivity contribution is 6.30. The molecule has 5 heteroatoms. The molecule has 1 aromatic heterocycles. The van der Waals surface area contributed by atoms with Gasteiger partial charge in [0.2, 0.25) is 0 Å². The lowest BCUT2D eigenvalue weighted by Gasteiger charge is -2.17. The van der Waals surface area contributed by atoms with Crippen LogP contribution in [0.1, 0.15) is 24.4 Å². The maximum atomic E-state index is 9.88. The molecule has 0 saturated heterocycles. The minimum Gasteiger partial charge on any atom is -0.468 e. The van der Waals surface area contributed by atoms with Gasteiger partial charge in [0.05, 0.1) is 31.6 Å². The number of ether oxygens (including phenoxy) is 1. The Morgan fingerprint density at radius 3 is 2.71 bits per heavy atom. The molecule has 0 bridgehead atoms. The van der Waals surface area contributed by atoms with Crippen molar-refractivity contribution in [2.75, 3.05) is 13.2 Å². The Hall–Kier alpha value is -1.33. The summed E-state index contributed by atoms with van der Waals surface area (Å²) in [6.07, 6.45) is 0.987. The van der Waals surface area contributed by atoms with Crippen LogP contribution >= 0.6 is 11.6 Å². The van der Waals surface area contributed by atoms with Crippen LogP contribution in [0, 0.1) is 0 Å². The number of halogens is 1. The molecule has 0 aliphatic carbocycles. The molecule has 0 saturated carbocycles. The third-order valence-corrected chi connectivity index (χ3v) is 3.39. The van der Waals surface area contributed by atoms with Gasteiger partial charge in [-0.3, -0.25) is 0 Å². The molecular formula is C16H20ClNO3. The number of furan rings is 1. The van der Waals surface area contributed by atoms with Crippen LogP contribution < -0.4 is 5.32 Å². The first-order valence-electron chi connectivity index (χ1n) is 6.93. The number of hydrogen-bond donors (Lipinski definition) is 2. The van der Waals surface area contributed by atoms with E-state index in [9.17, 15) is 5.11 Å². The Labute approximate surface area is 129 Å². The van der Waals surface area contributed by atoms with Crippen molar-refractivity contribution in [1.29, 1.82) is 0 Å². The van der Waals surface area contributed by atoms with Crippen LogP contribution in [0.5, 0.6) is 0 Å². The highest BCUT2D eigenvalue weighted by Crippen LogP contribution is 2.19. The summed E-state index contributed by atoms with van der Waals surface area (Å²) < 4.78 is 10.9. The maximum absolute atomic E-state index is 9.88. The Kier molecular flexibility index (Phi) is 6.26. The fourth-order valence-electron chi connectivity index (χ4n) is 1.92. The van der Waals surface area contributed by atoms with Gasteiger partial charge >= 0.3 is 0 Å². The first-order valence-corrected chi connectivity index (χ1v) is 7.31. The lowest BCUT2D eigenvalue weighted by Crippen LogP contribution is -2.30. The Morgan fingerprint density at radius 2 is 2.05 bits per heavy atom. The zero-order valence-corrected chi connectivity index (χ0v) is 12.7. The van der Waals surface area contributed by atoms with Gasteiger partial charge < -0.3 is 19.6 Å². The summed E-state index contributed by atoms with van der Waals surface area (Å²) in [7, 11) is 0. The van der Waals surface area contributed by atoms with Gasteiger partial charge in [0.25, 0.3) is 0 Å². The van der Waals surface area contributed by atoms with Crippen LogP contribution in [0.15, 0.2) is 47.1 Å². The second-order valence-corrected chi connectivity index (χ2v) is 5.33. The molecular weight excluding hydrogens is 290 g/mol. The van der Waals surface area contributed by atoms with E-state index in [1.54, 1.807) is 6.26 Å². The van der Waals surface area contributed by atoms with Gasteiger partial charge in [-0.1, -0.05) is 23.7 Å². The molecule has 0 spiro atoms. The number of hydrogen-bond acceptors (Lipinski definition) is 4. The maximum Gasteiger partial charge on any atom is 0.117 e. The third-order valence-electron chi connectivity index (χ3n) is 3.14. The van der Waals surface area contributed by atoms with Gasteiger partial charge in [-0.05, 0) is 36.8 Å². The van der Waals surface area contributed by atoms with Crippen molar-refractivity contribution in [3.8, 4) is 0 Å². The molecule has 2 N–H and O–H groups in total. The second-order valence-electron chi connectivity index (χ2n) is 4.89. The molecule has 114 valence electrons. The molecule has 2 rings (SSSR count). The van der Waals surface area contributed by atoms with Crippen LogP contribution in [-0.2, 0) is 11.3 Å². The van der Waals surface area contributed by atoms with E-state index in [1.807, 2.05) is 43.3 Å². The SMILES string of the molecule is C[C@H](OC[C@H](O)CNCc1ccco1)c1ccc(Cl)cc1. The van der Waals surface area contributed by atoms with Crippen molar-refractivity contribution in [2.45, 2.75) is 25.7 Å². The molecule has 0 aliphatic rings. The topological polar surface area (TPSA) is 54.6 Å². The highest BCUT2D eigenvalue weighted by Gasteiger charge is 2.10. The summed E-state index contributed by atoms with van der Waals surface area (Å²) in [5, 5.41) is 13.7. The average molecular weight is 310 g/mol. The summed E-state index contributed by atoms with van der Waals surface area (Å²) in [6.45, 7) is 3.27. The van der Waals surface area contributed by atoms with Crippen LogP contribution in [0.3, 0.4) is 0 Å². The van der Waals surface area contributed by atoms with Crippen LogP contribution in [-0.4, -0.2) is 24.4 Å². The molecule has 2 atom stereocenters. The first-order chi connectivity index (χ1) is 10.1. The van der Waals surface area contributed by atoms with Crippen molar-refractivity contribution in [2.24, 2.45) is 0 Å². The lowest BCUT2D eigenvalue weighted by molar-refractivity contribution is -0.00223. The Balaban J connectivity index is 1.66. The molecule has 0 aliphatic heterocycles. The van der Waals surface area contributed by atoms with E-state index in [0.29, 0.717) is 18.1 Å². The fourth-order valence-corrected chi connectivity index (χ4v) is 2.05. The molecule has 0 unspecified atom stereocenters. The van der Waals surface area contributed by atoms with Gasteiger partial charge in [-0.25, -0.2) is 0 Å². The normalized spacial score (nSPS) is 14.0. The van der Waals surface area contributed by atoms with Crippen molar-refractivity contribution in [3.05, 3.63) is 59.0 Å². The Bertz CT molecular complexity index is 513. The number of benzene rings is 1. The summed E-state index contributed by atoms with van der Waals surface area (Å²) >= 11 is 5.85. The average Bonchev–Trinajstić information content (AvgIpc) is 2.99. The van der Waals surface area contributed by atoms with Gasteiger partial charge in [0.1, 0.15) is 5.76 Å². The first kappa shape index (κ1) is 16.0. The molecule has 0 radical (unpaired) electrons. The number of aliphatic hydroxyl groups is 1. The zero-order valence-electron chi connectivity index (χ0n) is 12.0. The molecule has 0 amide bonds. The predicted molar refractivity (Wildman–Crippen MR) is 82.2 cm³/mol. The Morgan fingerprint density at radius 1 is 1.29 bits per heavy atom. The molecule has 1 aromatic carbocycles. The number of aliphatic hydroxyl groups excluding tert-OH is 1. The fraction of sp³-hybridized carbons (Fsp3) is 0.375. The van der Waals surface area contributed by atoms with E-state index >= 15 is 0 Å². The molecule has 4 nitrogen and oxygen atoms in total. The molecule has 1 heterocycles. The van der Waals surface area contributed by atoms with Gasteiger partial charge in [0.15, 0.2) is 0 Å². The standard InChI is InChI=1S/C16H20ClNO3/c1-12(13-4-6-14(17)7-5-13)21-11-15(19)9-18-10-16-3-2-8-20-16/h2-8,12,15,18-19H,9-11H2,1H3/t12-,15+/m0/s1. The van der Waals surface area contributed by atoms with E-state index in [1.165, 1.54) is 0 Å². The second kappa shape index (κ2) is 8.20. The van der Waals surface area contributed by atoms with E-state index in [-0.39, 0.29) is 12.7 Å². The van der Waals surface area contributed by atoms with Gasteiger partial charge in [0, 0.05) is 11.6 Å². The van der Waals surface area contributed by atoms with E-state index in [4.69, 9.17) is 20.8 Å². The molecule has 2 aromatic rings. The van der Waals surface area contributed by atoms with Crippen LogP contribution in [0.4, 0.5) is 0 Å². The quantitative estimate of drug-likeness (QED) is 0.786. The summed E-state index contributed by atoms with van der Waals surface area (Å²) in [5.74, 6) is 0.845.